The van der Waals surface area contributed by atoms with E-state index in [9.17, 15) is 4.79 Å². The highest BCUT2D eigenvalue weighted by Crippen LogP contribution is 2.39. The van der Waals surface area contributed by atoms with Gasteiger partial charge in [0, 0.05) is 41.3 Å². The number of benzene rings is 2. The number of urea groups is 1. The Morgan fingerprint density at radius 3 is 2.59 bits per heavy atom. The van der Waals surface area contributed by atoms with Crippen molar-refractivity contribution in [1.82, 2.24) is 14.8 Å². The first-order chi connectivity index (χ1) is 14.1. The SMILES string of the molecule is CCN(CC)C(=O)N1CCc2c([nH]c3ccc(Cl)cc23)C1c1ccc(OC)cc1. The molecule has 2 aromatic carbocycles. The molecule has 0 fully saturated rings. The summed E-state index contributed by atoms with van der Waals surface area (Å²) in [6.45, 7) is 6.08. The lowest BCUT2D eigenvalue weighted by Crippen LogP contribution is -2.47. The van der Waals surface area contributed by atoms with E-state index in [-0.39, 0.29) is 12.1 Å². The van der Waals surface area contributed by atoms with Crippen LogP contribution in [-0.4, -0.2) is 47.6 Å². The van der Waals surface area contributed by atoms with Gasteiger partial charge in [0.1, 0.15) is 5.75 Å². The lowest BCUT2D eigenvalue weighted by atomic mass is 9.92. The van der Waals surface area contributed by atoms with Crippen molar-refractivity contribution in [1.29, 1.82) is 0 Å². The Morgan fingerprint density at radius 1 is 1.21 bits per heavy atom. The standard InChI is InChI=1S/C23H26ClN3O2/c1-4-26(5-2)23(28)27-13-12-18-19-14-16(24)8-11-20(19)25-21(18)22(27)15-6-9-17(29-3)10-7-15/h6-11,14,22,25H,4-5,12-13H2,1-3H3. The second kappa shape index (κ2) is 7.99. The Labute approximate surface area is 176 Å². The molecular weight excluding hydrogens is 386 g/mol. The molecule has 3 aromatic rings. The molecule has 1 unspecified atom stereocenters. The fraction of sp³-hybridized carbons (Fsp3) is 0.348. The van der Waals surface area contributed by atoms with Crippen LogP contribution in [0.1, 0.15) is 36.7 Å². The molecule has 2 amide bonds. The van der Waals surface area contributed by atoms with E-state index in [0.29, 0.717) is 19.6 Å². The number of halogens is 1. The Balaban J connectivity index is 1.85. The van der Waals surface area contributed by atoms with E-state index in [1.807, 2.05) is 66.1 Å². The van der Waals surface area contributed by atoms with Gasteiger partial charge in [0.05, 0.1) is 13.2 Å². The lowest BCUT2D eigenvalue weighted by molar-refractivity contribution is 0.140. The van der Waals surface area contributed by atoms with Crippen LogP contribution in [0.3, 0.4) is 0 Å². The summed E-state index contributed by atoms with van der Waals surface area (Å²) < 4.78 is 5.32. The maximum absolute atomic E-state index is 13.3. The molecule has 1 aromatic heterocycles. The van der Waals surface area contributed by atoms with Crippen molar-refractivity contribution in [3.8, 4) is 5.75 Å². The third-order valence-electron chi connectivity index (χ3n) is 5.80. The van der Waals surface area contributed by atoms with Crippen LogP contribution in [0, 0.1) is 0 Å². The number of rotatable bonds is 4. The molecule has 0 aliphatic carbocycles. The van der Waals surface area contributed by atoms with E-state index in [2.05, 4.69) is 4.98 Å². The maximum Gasteiger partial charge on any atom is 0.320 e. The second-order valence-electron chi connectivity index (χ2n) is 7.28. The fourth-order valence-electron chi connectivity index (χ4n) is 4.28. The Morgan fingerprint density at radius 2 is 1.93 bits per heavy atom. The van der Waals surface area contributed by atoms with Crippen molar-refractivity contribution in [2.24, 2.45) is 0 Å². The van der Waals surface area contributed by atoms with Crippen molar-refractivity contribution in [2.45, 2.75) is 26.3 Å². The minimum absolute atomic E-state index is 0.0677. The van der Waals surface area contributed by atoms with Gasteiger partial charge in [-0.1, -0.05) is 23.7 Å². The number of carbonyl (C=O) groups excluding carboxylic acids is 1. The first kappa shape index (κ1) is 19.6. The summed E-state index contributed by atoms with van der Waals surface area (Å²) in [5.74, 6) is 0.801. The van der Waals surface area contributed by atoms with Gasteiger partial charge in [-0.25, -0.2) is 4.79 Å². The third kappa shape index (κ3) is 3.44. The zero-order valence-corrected chi connectivity index (χ0v) is 17.8. The number of aromatic amines is 1. The zero-order chi connectivity index (χ0) is 20.5. The molecule has 6 heteroatoms. The number of amides is 2. The summed E-state index contributed by atoms with van der Waals surface area (Å²) >= 11 is 6.26. The minimum Gasteiger partial charge on any atom is -0.497 e. The quantitative estimate of drug-likeness (QED) is 0.638. The van der Waals surface area contributed by atoms with Gasteiger partial charge in [0.2, 0.25) is 0 Å². The molecule has 1 atom stereocenters. The summed E-state index contributed by atoms with van der Waals surface area (Å²) in [6.07, 6.45) is 0.801. The Bertz CT molecular complexity index is 1020. The summed E-state index contributed by atoms with van der Waals surface area (Å²) in [6, 6.07) is 13.8. The highest BCUT2D eigenvalue weighted by molar-refractivity contribution is 6.31. The molecule has 2 heterocycles. The van der Waals surface area contributed by atoms with Crippen LogP contribution < -0.4 is 4.74 Å². The summed E-state index contributed by atoms with van der Waals surface area (Å²) in [5, 5.41) is 1.86. The van der Waals surface area contributed by atoms with E-state index < -0.39 is 0 Å². The van der Waals surface area contributed by atoms with E-state index in [1.54, 1.807) is 7.11 Å². The zero-order valence-electron chi connectivity index (χ0n) is 17.0. The van der Waals surface area contributed by atoms with Crippen molar-refractivity contribution in [3.05, 3.63) is 64.3 Å². The van der Waals surface area contributed by atoms with E-state index in [1.165, 1.54) is 5.56 Å². The summed E-state index contributed by atoms with van der Waals surface area (Å²) in [4.78, 5) is 20.8. The molecule has 0 radical (unpaired) electrons. The molecule has 1 N–H and O–H groups in total. The van der Waals surface area contributed by atoms with Gasteiger partial charge >= 0.3 is 6.03 Å². The molecule has 1 aliphatic rings. The summed E-state index contributed by atoms with van der Waals surface area (Å²) in [7, 11) is 1.66. The average molecular weight is 412 g/mol. The number of carbonyl (C=O) groups is 1. The Hall–Kier alpha value is -2.66. The van der Waals surface area contributed by atoms with E-state index >= 15 is 0 Å². The predicted molar refractivity (Wildman–Crippen MR) is 117 cm³/mol. The van der Waals surface area contributed by atoms with Gasteiger partial charge in [0.25, 0.3) is 0 Å². The van der Waals surface area contributed by atoms with Gasteiger partial charge in [-0.2, -0.15) is 0 Å². The van der Waals surface area contributed by atoms with E-state index in [0.717, 1.165) is 39.4 Å². The molecule has 0 spiro atoms. The second-order valence-corrected chi connectivity index (χ2v) is 7.72. The number of hydrogen-bond donors (Lipinski definition) is 1. The van der Waals surface area contributed by atoms with Gasteiger partial charge in [-0.15, -0.1) is 0 Å². The monoisotopic (exact) mass is 411 g/mol. The van der Waals surface area contributed by atoms with Crippen LogP contribution in [0.5, 0.6) is 5.75 Å². The number of fused-ring (bicyclic) bond motifs is 3. The third-order valence-corrected chi connectivity index (χ3v) is 6.04. The van der Waals surface area contributed by atoms with Crippen molar-refractivity contribution in [3.63, 3.8) is 0 Å². The smallest absolute Gasteiger partial charge is 0.320 e. The molecule has 152 valence electrons. The molecule has 0 saturated carbocycles. The molecule has 1 aliphatic heterocycles. The van der Waals surface area contributed by atoms with E-state index in [4.69, 9.17) is 16.3 Å². The first-order valence-corrected chi connectivity index (χ1v) is 10.4. The highest BCUT2D eigenvalue weighted by Gasteiger charge is 2.36. The lowest BCUT2D eigenvalue weighted by Gasteiger charge is -2.39. The van der Waals surface area contributed by atoms with Gasteiger partial charge in [-0.3, -0.25) is 0 Å². The fourth-order valence-corrected chi connectivity index (χ4v) is 4.45. The van der Waals surface area contributed by atoms with Crippen LogP contribution in [0.2, 0.25) is 5.02 Å². The number of ether oxygens (including phenoxy) is 1. The van der Waals surface area contributed by atoms with Crippen molar-refractivity contribution < 1.29 is 9.53 Å². The molecule has 0 bridgehead atoms. The highest BCUT2D eigenvalue weighted by atomic mass is 35.5. The van der Waals surface area contributed by atoms with Gasteiger partial charge in [0.15, 0.2) is 0 Å². The van der Waals surface area contributed by atoms with Crippen LogP contribution in [-0.2, 0) is 6.42 Å². The van der Waals surface area contributed by atoms with Gasteiger partial charge < -0.3 is 19.5 Å². The number of aromatic nitrogens is 1. The number of methoxy groups -OCH3 is 1. The molecule has 5 nitrogen and oxygen atoms in total. The number of H-pyrrole nitrogens is 1. The molecule has 0 saturated heterocycles. The Kier molecular flexibility index (Phi) is 5.41. The molecular formula is C23H26ClN3O2. The van der Waals surface area contributed by atoms with Crippen LogP contribution in [0.25, 0.3) is 10.9 Å². The molecule has 29 heavy (non-hydrogen) atoms. The largest absolute Gasteiger partial charge is 0.497 e. The number of hydrogen-bond acceptors (Lipinski definition) is 2. The van der Waals surface area contributed by atoms with Crippen molar-refractivity contribution in [2.75, 3.05) is 26.7 Å². The van der Waals surface area contributed by atoms with Gasteiger partial charge in [-0.05, 0) is 61.7 Å². The van der Waals surface area contributed by atoms with Crippen molar-refractivity contribution >= 4 is 28.5 Å². The summed E-state index contributed by atoms with van der Waals surface area (Å²) in [5.41, 5.74) is 4.42. The van der Waals surface area contributed by atoms with Crippen LogP contribution >= 0.6 is 11.6 Å². The average Bonchev–Trinajstić information content (AvgIpc) is 3.11. The molecule has 4 rings (SSSR count). The first-order valence-electron chi connectivity index (χ1n) is 10.1. The normalized spacial score (nSPS) is 16.0. The predicted octanol–water partition coefficient (Wildman–Crippen LogP) is 5.24. The van der Waals surface area contributed by atoms with Crippen LogP contribution in [0.15, 0.2) is 42.5 Å². The van der Waals surface area contributed by atoms with Crippen LogP contribution in [0.4, 0.5) is 4.79 Å². The number of nitrogens with one attached hydrogen (secondary N) is 1. The topological polar surface area (TPSA) is 48.6 Å². The maximum atomic E-state index is 13.3. The number of nitrogens with zero attached hydrogens (tertiary/aromatic N) is 2. The minimum atomic E-state index is -0.177.